The average molecular weight is 808 g/mol. The molecule has 0 aliphatic heterocycles. The summed E-state index contributed by atoms with van der Waals surface area (Å²) in [6.07, 6.45) is 0. The molecular formula is C62H49N. The van der Waals surface area contributed by atoms with E-state index in [9.17, 15) is 0 Å². The minimum absolute atomic E-state index is 0.0200. The van der Waals surface area contributed by atoms with Crippen LogP contribution < -0.4 is 4.90 Å². The predicted octanol–water partition coefficient (Wildman–Crippen LogP) is 16.4. The van der Waals surface area contributed by atoms with Gasteiger partial charge in [0.15, 0.2) is 0 Å². The molecule has 0 spiro atoms. The summed E-state index contributed by atoms with van der Waals surface area (Å²) in [6, 6.07) is 77.4. The fourth-order valence-electron chi connectivity index (χ4n) is 11.7. The second-order valence-electron chi connectivity index (χ2n) is 19.0. The van der Waals surface area contributed by atoms with Crippen molar-refractivity contribution >= 4 is 17.1 Å². The van der Waals surface area contributed by atoms with E-state index in [4.69, 9.17) is 0 Å². The van der Waals surface area contributed by atoms with Crippen LogP contribution in [-0.2, 0) is 16.2 Å². The lowest BCUT2D eigenvalue weighted by molar-refractivity contribution is 0.660. The molecule has 0 saturated heterocycles. The molecule has 1 nitrogen and oxygen atoms in total. The molecular weight excluding hydrogens is 759 g/mol. The lowest BCUT2D eigenvalue weighted by Crippen LogP contribution is -2.22. The number of fused-ring (bicyclic) bond motifs is 9. The van der Waals surface area contributed by atoms with Crippen LogP contribution in [0, 0.1) is 0 Å². The Labute approximate surface area is 372 Å². The van der Waals surface area contributed by atoms with E-state index in [1.54, 1.807) is 0 Å². The van der Waals surface area contributed by atoms with Gasteiger partial charge in [0.2, 0.25) is 0 Å². The number of anilines is 3. The highest BCUT2D eigenvalue weighted by Crippen LogP contribution is 2.57. The molecule has 12 rings (SSSR count). The van der Waals surface area contributed by atoms with Crippen molar-refractivity contribution in [3.05, 3.63) is 245 Å². The summed E-state index contributed by atoms with van der Waals surface area (Å²) < 4.78 is 0. The highest BCUT2D eigenvalue weighted by atomic mass is 15.1. The Hall–Kier alpha value is -7.22. The second kappa shape index (κ2) is 13.6. The zero-order valence-electron chi connectivity index (χ0n) is 36.6. The van der Waals surface area contributed by atoms with E-state index in [-0.39, 0.29) is 16.2 Å². The van der Waals surface area contributed by atoms with Crippen molar-refractivity contribution < 1.29 is 0 Å². The first-order valence-electron chi connectivity index (χ1n) is 22.4. The fourth-order valence-corrected chi connectivity index (χ4v) is 11.7. The Morgan fingerprint density at radius 1 is 0.302 bits per heavy atom. The van der Waals surface area contributed by atoms with Gasteiger partial charge in [0.1, 0.15) is 0 Å². The molecule has 0 fully saturated rings. The number of benzene rings is 9. The van der Waals surface area contributed by atoms with Crippen LogP contribution in [0.5, 0.6) is 0 Å². The van der Waals surface area contributed by atoms with Gasteiger partial charge in [0.05, 0.1) is 5.69 Å². The van der Waals surface area contributed by atoms with Crippen molar-refractivity contribution in [2.45, 2.75) is 50.9 Å². The van der Waals surface area contributed by atoms with Crippen molar-refractivity contribution in [3.8, 4) is 55.6 Å². The monoisotopic (exact) mass is 807 g/mol. The molecule has 0 amide bonds. The van der Waals surface area contributed by atoms with Crippen LogP contribution >= 0.6 is 0 Å². The molecule has 0 saturated carbocycles. The molecule has 9 aromatic carbocycles. The molecule has 0 bridgehead atoms. The summed E-state index contributed by atoms with van der Waals surface area (Å²) in [5.74, 6) is 0. The molecule has 0 aromatic heterocycles. The van der Waals surface area contributed by atoms with Gasteiger partial charge in [0, 0.05) is 33.2 Å². The Balaban J connectivity index is 1.04. The zero-order valence-corrected chi connectivity index (χ0v) is 36.6. The molecule has 3 aliphatic rings. The van der Waals surface area contributed by atoms with Gasteiger partial charge in [-0.25, -0.2) is 0 Å². The molecule has 9 aromatic rings. The first-order valence-corrected chi connectivity index (χ1v) is 22.4. The van der Waals surface area contributed by atoms with E-state index in [0.717, 1.165) is 17.1 Å². The number of hydrogen-bond donors (Lipinski definition) is 0. The van der Waals surface area contributed by atoms with Crippen LogP contribution in [0.3, 0.4) is 0 Å². The van der Waals surface area contributed by atoms with E-state index in [1.807, 2.05) is 0 Å². The maximum atomic E-state index is 2.49. The third kappa shape index (κ3) is 5.36. The molecule has 1 heteroatoms. The van der Waals surface area contributed by atoms with Crippen molar-refractivity contribution in [1.82, 2.24) is 0 Å². The molecule has 0 heterocycles. The van der Waals surface area contributed by atoms with E-state index in [2.05, 4.69) is 246 Å². The first kappa shape index (κ1) is 37.5. The normalized spacial score (nSPS) is 16.7. The van der Waals surface area contributed by atoms with Crippen LogP contribution in [0.2, 0.25) is 0 Å². The largest absolute Gasteiger partial charge is 0.310 e. The molecule has 0 N–H and O–H groups in total. The van der Waals surface area contributed by atoms with Crippen LogP contribution in [0.1, 0.15) is 73.6 Å². The lowest BCUT2D eigenvalue weighted by Gasteiger charge is -2.31. The minimum atomic E-state index is -0.271. The van der Waals surface area contributed by atoms with Crippen molar-refractivity contribution in [2.75, 3.05) is 4.90 Å². The van der Waals surface area contributed by atoms with Crippen LogP contribution in [0.4, 0.5) is 17.1 Å². The summed E-state index contributed by atoms with van der Waals surface area (Å²) in [6.45, 7) is 11.8. The maximum absolute atomic E-state index is 2.49. The fraction of sp³-hybridized carbons (Fsp3) is 0.129. The number of hydrogen-bond acceptors (Lipinski definition) is 1. The van der Waals surface area contributed by atoms with Gasteiger partial charge < -0.3 is 4.90 Å². The Morgan fingerprint density at radius 2 is 0.778 bits per heavy atom. The SMILES string of the molecule is CC1(C)c2ccccc2-c2cc(-c3ccc(N(c4ccc5c(c4)-c4ccccc4C5(C)c4ccccc4)c4ccccc4-c4cccc5c4-c4ccccc4C5(C)C)cc3)ccc21. The lowest BCUT2D eigenvalue weighted by atomic mass is 9.74. The van der Waals surface area contributed by atoms with E-state index < -0.39 is 0 Å². The molecule has 302 valence electrons. The summed E-state index contributed by atoms with van der Waals surface area (Å²) in [5, 5.41) is 0. The standard InChI is InChI=1S/C62H49N/c1-60(2)52-25-13-9-20-45(52)50-38-41(32-36-54(50)60)40-30-33-43(34-31-40)63(44-35-37-56-51(39-44)46-21-10-15-27-55(46)62(56,5)42-18-7-6-8-19-42)58-29-16-12-22-47(58)48-24-17-28-57-59(48)49-23-11-14-26-53(49)61(57,3)4/h6-39H,1-5H3. The molecule has 0 radical (unpaired) electrons. The van der Waals surface area contributed by atoms with E-state index in [0.29, 0.717) is 0 Å². The van der Waals surface area contributed by atoms with Crippen molar-refractivity contribution in [2.24, 2.45) is 0 Å². The quantitative estimate of drug-likeness (QED) is 0.162. The molecule has 3 aliphatic carbocycles. The molecule has 1 unspecified atom stereocenters. The van der Waals surface area contributed by atoms with Crippen LogP contribution in [0.15, 0.2) is 206 Å². The Kier molecular flexibility index (Phi) is 8.13. The summed E-state index contributed by atoms with van der Waals surface area (Å²) in [5.41, 5.74) is 25.4. The van der Waals surface area contributed by atoms with Gasteiger partial charge in [-0.3, -0.25) is 0 Å². The van der Waals surface area contributed by atoms with Crippen LogP contribution in [0.25, 0.3) is 55.6 Å². The van der Waals surface area contributed by atoms with Gasteiger partial charge in [-0.05, 0) is 132 Å². The van der Waals surface area contributed by atoms with Crippen molar-refractivity contribution in [1.29, 1.82) is 0 Å². The number of nitrogens with zero attached hydrogens (tertiary/aromatic N) is 1. The van der Waals surface area contributed by atoms with Gasteiger partial charge in [-0.2, -0.15) is 0 Å². The van der Waals surface area contributed by atoms with E-state index >= 15 is 0 Å². The maximum Gasteiger partial charge on any atom is 0.0540 e. The average Bonchev–Trinajstić information content (AvgIpc) is 3.83. The highest BCUT2D eigenvalue weighted by molar-refractivity contribution is 5.99. The highest BCUT2D eigenvalue weighted by Gasteiger charge is 2.42. The van der Waals surface area contributed by atoms with Gasteiger partial charge >= 0.3 is 0 Å². The third-order valence-corrected chi connectivity index (χ3v) is 15.0. The number of rotatable bonds is 6. The number of para-hydroxylation sites is 1. The van der Waals surface area contributed by atoms with E-state index in [1.165, 1.54) is 94.6 Å². The topological polar surface area (TPSA) is 3.24 Å². The molecule has 63 heavy (non-hydrogen) atoms. The first-order chi connectivity index (χ1) is 30.7. The summed E-state index contributed by atoms with van der Waals surface area (Å²) >= 11 is 0. The summed E-state index contributed by atoms with van der Waals surface area (Å²) in [7, 11) is 0. The smallest absolute Gasteiger partial charge is 0.0540 e. The van der Waals surface area contributed by atoms with Gasteiger partial charge in [0.25, 0.3) is 0 Å². The Bertz CT molecular complexity index is 3290. The van der Waals surface area contributed by atoms with Gasteiger partial charge in [-0.1, -0.05) is 198 Å². The van der Waals surface area contributed by atoms with Crippen molar-refractivity contribution in [3.63, 3.8) is 0 Å². The predicted molar refractivity (Wildman–Crippen MR) is 265 cm³/mol. The summed E-state index contributed by atoms with van der Waals surface area (Å²) in [4.78, 5) is 2.49. The molecule has 1 atom stereocenters. The zero-order chi connectivity index (χ0) is 42.7. The second-order valence-corrected chi connectivity index (χ2v) is 19.0. The van der Waals surface area contributed by atoms with Crippen LogP contribution in [-0.4, -0.2) is 0 Å². The Morgan fingerprint density at radius 3 is 1.52 bits per heavy atom. The third-order valence-electron chi connectivity index (χ3n) is 15.0. The van der Waals surface area contributed by atoms with Gasteiger partial charge in [-0.15, -0.1) is 0 Å². The minimum Gasteiger partial charge on any atom is -0.310 e.